The van der Waals surface area contributed by atoms with Crippen LogP contribution in [0.25, 0.3) is 5.57 Å². The molecule has 6 nitrogen and oxygen atoms in total. The summed E-state index contributed by atoms with van der Waals surface area (Å²) in [6.45, 7) is 4.92. The maximum Gasteiger partial charge on any atom is 0.277 e. The SMILES string of the molecule is CCOc1ccc(C2=C(Nc3cccc(OCC)c3)C(=O)N(C)C2=O)cc1. The summed E-state index contributed by atoms with van der Waals surface area (Å²) < 4.78 is 10.9. The fraction of sp³-hybridized carbons (Fsp3) is 0.238. The number of amides is 2. The van der Waals surface area contributed by atoms with Gasteiger partial charge in [-0.2, -0.15) is 0 Å². The summed E-state index contributed by atoms with van der Waals surface area (Å²) in [6.07, 6.45) is 0. The number of hydrogen-bond acceptors (Lipinski definition) is 5. The number of nitrogens with zero attached hydrogens (tertiary/aromatic N) is 1. The van der Waals surface area contributed by atoms with Gasteiger partial charge in [-0.1, -0.05) is 18.2 Å². The van der Waals surface area contributed by atoms with Crippen molar-refractivity contribution in [2.75, 3.05) is 25.6 Å². The van der Waals surface area contributed by atoms with Gasteiger partial charge in [0.2, 0.25) is 0 Å². The summed E-state index contributed by atoms with van der Waals surface area (Å²) in [7, 11) is 1.48. The van der Waals surface area contributed by atoms with Crippen LogP contribution in [0.3, 0.4) is 0 Å². The van der Waals surface area contributed by atoms with E-state index in [0.717, 1.165) is 4.90 Å². The molecule has 140 valence electrons. The average Bonchev–Trinajstić information content (AvgIpc) is 2.87. The Balaban J connectivity index is 1.98. The Kier molecular flexibility index (Phi) is 5.45. The first-order chi connectivity index (χ1) is 13.0. The maximum absolute atomic E-state index is 12.6. The third kappa shape index (κ3) is 3.79. The number of carbonyl (C=O) groups is 2. The Morgan fingerprint density at radius 1 is 0.889 bits per heavy atom. The van der Waals surface area contributed by atoms with E-state index in [9.17, 15) is 9.59 Å². The molecular weight excluding hydrogens is 344 g/mol. The molecule has 6 heteroatoms. The van der Waals surface area contributed by atoms with Crippen LogP contribution in [0.1, 0.15) is 19.4 Å². The van der Waals surface area contributed by atoms with Gasteiger partial charge in [0.1, 0.15) is 17.2 Å². The standard InChI is InChI=1S/C21H22N2O4/c1-4-26-16-11-9-14(10-12-16)18-19(21(25)23(3)20(18)24)22-15-7-6-8-17(13-15)27-5-2/h6-13,22H,4-5H2,1-3H3. The summed E-state index contributed by atoms with van der Waals surface area (Å²) in [5.41, 5.74) is 1.92. The van der Waals surface area contributed by atoms with Crippen molar-refractivity contribution < 1.29 is 19.1 Å². The van der Waals surface area contributed by atoms with Gasteiger partial charge in [-0.3, -0.25) is 14.5 Å². The highest BCUT2D eigenvalue weighted by Crippen LogP contribution is 2.31. The molecule has 0 radical (unpaired) electrons. The molecule has 0 saturated carbocycles. The second kappa shape index (κ2) is 7.95. The van der Waals surface area contributed by atoms with Crippen LogP contribution >= 0.6 is 0 Å². The number of anilines is 1. The summed E-state index contributed by atoms with van der Waals surface area (Å²) in [5, 5.41) is 3.09. The Hall–Kier alpha value is -3.28. The molecule has 0 atom stereocenters. The average molecular weight is 366 g/mol. The third-order valence-corrected chi connectivity index (χ3v) is 4.16. The van der Waals surface area contributed by atoms with Crippen LogP contribution in [-0.4, -0.2) is 37.0 Å². The van der Waals surface area contributed by atoms with Crippen LogP contribution < -0.4 is 14.8 Å². The molecular formula is C21H22N2O4. The largest absolute Gasteiger partial charge is 0.494 e. The number of nitrogens with one attached hydrogen (secondary N) is 1. The van der Waals surface area contributed by atoms with Crippen LogP contribution in [0.15, 0.2) is 54.2 Å². The number of carbonyl (C=O) groups excluding carboxylic acids is 2. The fourth-order valence-corrected chi connectivity index (χ4v) is 2.88. The number of hydrogen-bond donors (Lipinski definition) is 1. The van der Waals surface area contributed by atoms with Gasteiger partial charge >= 0.3 is 0 Å². The molecule has 0 unspecified atom stereocenters. The first-order valence-electron chi connectivity index (χ1n) is 8.85. The quantitative estimate of drug-likeness (QED) is 0.762. The predicted molar refractivity (Wildman–Crippen MR) is 104 cm³/mol. The van der Waals surface area contributed by atoms with E-state index in [1.165, 1.54) is 7.05 Å². The number of benzene rings is 2. The van der Waals surface area contributed by atoms with Crippen molar-refractivity contribution in [3.05, 3.63) is 59.8 Å². The van der Waals surface area contributed by atoms with E-state index in [0.29, 0.717) is 41.5 Å². The summed E-state index contributed by atoms with van der Waals surface area (Å²) in [6, 6.07) is 14.4. The van der Waals surface area contributed by atoms with Gasteiger partial charge in [-0.15, -0.1) is 0 Å². The van der Waals surface area contributed by atoms with E-state index in [1.54, 1.807) is 30.3 Å². The van der Waals surface area contributed by atoms with E-state index in [1.807, 2.05) is 32.0 Å². The summed E-state index contributed by atoms with van der Waals surface area (Å²) >= 11 is 0. The Bertz CT molecular complexity index is 887. The summed E-state index contributed by atoms with van der Waals surface area (Å²) in [5.74, 6) is 0.695. The summed E-state index contributed by atoms with van der Waals surface area (Å²) in [4.78, 5) is 26.4. The molecule has 1 heterocycles. The third-order valence-electron chi connectivity index (χ3n) is 4.16. The van der Waals surface area contributed by atoms with Crippen molar-refractivity contribution in [2.24, 2.45) is 0 Å². The molecule has 0 bridgehead atoms. The highest BCUT2D eigenvalue weighted by molar-refractivity contribution is 6.36. The molecule has 1 aliphatic rings. The fourth-order valence-electron chi connectivity index (χ4n) is 2.88. The van der Waals surface area contributed by atoms with Gasteiger partial charge in [0.05, 0.1) is 18.8 Å². The van der Waals surface area contributed by atoms with Crippen molar-refractivity contribution >= 4 is 23.1 Å². The van der Waals surface area contributed by atoms with Crippen LogP contribution in [0, 0.1) is 0 Å². The minimum atomic E-state index is -0.370. The van der Waals surface area contributed by atoms with Crippen LogP contribution in [0.5, 0.6) is 11.5 Å². The van der Waals surface area contributed by atoms with Crippen molar-refractivity contribution in [1.82, 2.24) is 4.90 Å². The van der Waals surface area contributed by atoms with Gasteiger partial charge in [0, 0.05) is 18.8 Å². The molecule has 1 N–H and O–H groups in total. The number of ether oxygens (including phenoxy) is 2. The molecule has 2 aromatic rings. The lowest BCUT2D eigenvalue weighted by Gasteiger charge is -2.11. The van der Waals surface area contributed by atoms with Crippen LogP contribution in [0.2, 0.25) is 0 Å². The molecule has 27 heavy (non-hydrogen) atoms. The molecule has 0 saturated heterocycles. The second-order valence-corrected chi connectivity index (χ2v) is 5.96. The van der Waals surface area contributed by atoms with Crippen molar-refractivity contribution in [2.45, 2.75) is 13.8 Å². The first-order valence-corrected chi connectivity index (χ1v) is 8.85. The molecule has 3 rings (SSSR count). The first kappa shape index (κ1) is 18.5. The molecule has 1 aliphatic heterocycles. The van der Waals surface area contributed by atoms with E-state index in [2.05, 4.69) is 5.32 Å². The van der Waals surface area contributed by atoms with Crippen molar-refractivity contribution in [3.63, 3.8) is 0 Å². The molecule has 2 aromatic carbocycles. The minimum Gasteiger partial charge on any atom is -0.494 e. The zero-order valence-corrected chi connectivity index (χ0v) is 15.6. The number of imide groups is 1. The smallest absolute Gasteiger partial charge is 0.277 e. The maximum atomic E-state index is 12.6. The van der Waals surface area contributed by atoms with Gasteiger partial charge < -0.3 is 14.8 Å². The Morgan fingerprint density at radius 3 is 2.22 bits per heavy atom. The Morgan fingerprint density at radius 2 is 1.56 bits per heavy atom. The molecule has 0 spiro atoms. The van der Waals surface area contributed by atoms with E-state index < -0.39 is 0 Å². The zero-order valence-electron chi connectivity index (χ0n) is 15.6. The zero-order chi connectivity index (χ0) is 19.4. The van der Waals surface area contributed by atoms with Gasteiger partial charge in [0.15, 0.2) is 0 Å². The number of rotatable bonds is 7. The van der Waals surface area contributed by atoms with E-state index in [-0.39, 0.29) is 17.5 Å². The van der Waals surface area contributed by atoms with E-state index in [4.69, 9.17) is 9.47 Å². The number of likely N-dealkylation sites (N-methyl/N-ethyl adjacent to an activating group) is 1. The van der Waals surface area contributed by atoms with Gasteiger partial charge in [-0.05, 0) is 43.7 Å². The minimum absolute atomic E-state index is 0.250. The topological polar surface area (TPSA) is 67.9 Å². The molecule has 2 amide bonds. The molecule has 0 aliphatic carbocycles. The van der Waals surface area contributed by atoms with Crippen molar-refractivity contribution in [1.29, 1.82) is 0 Å². The highest BCUT2D eigenvalue weighted by atomic mass is 16.5. The second-order valence-electron chi connectivity index (χ2n) is 5.96. The van der Waals surface area contributed by atoms with Crippen molar-refractivity contribution in [3.8, 4) is 11.5 Å². The molecule has 0 aromatic heterocycles. The van der Waals surface area contributed by atoms with Crippen LogP contribution in [0.4, 0.5) is 5.69 Å². The monoisotopic (exact) mass is 366 g/mol. The van der Waals surface area contributed by atoms with Crippen LogP contribution in [-0.2, 0) is 9.59 Å². The van der Waals surface area contributed by atoms with Gasteiger partial charge in [-0.25, -0.2) is 0 Å². The lowest BCUT2D eigenvalue weighted by molar-refractivity contribution is -0.135. The normalized spacial score (nSPS) is 14.0. The Labute approximate surface area is 158 Å². The lowest BCUT2D eigenvalue weighted by atomic mass is 10.0. The highest BCUT2D eigenvalue weighted by Gasteiger charge is 2.36. The predicted octanol–water partition coefficient (Wildman–Crippen LogP) is 3.31. The van der Waals surface area contributed by atoms with Gasteiger partial charge in [0.25, 0.3) is 11.8 Å². The molecule has 0 fully saturated rings. The van der Waals surface area contributed by atoms with E-state index >= 15 is 0 Å². The lowest BCUT2D eigenvalue weighted by Crippen LogP contribution is -2.27.